The van der Waals surface area contributed by atoms with Gasteiger partial charge < -0.3 is 15.0 Å². The number of methoxy groups -OCH3 is 1. The zero-order valence-electron chi connectivity index (χ0n) is 13.1. The van der Waals surface area contributed by atoms with Crippen molar-refractivity contribution in [2.24, 2.45) is 0 Å². The van der Waals surface area contributed by atoms with E-state index in [-0.39, 0.29) is 11.9 Å². The molecule has 4 nitrogen and oxygen atoms in total. The van der Waals surface area contributed by atoms with Crippen molar-refractivity contribution in [2.45, 2.75) is 38.1 Å². The molecule has 4 heteroatoms. The van der Waals surface area contributed by atoms with Crippen LogP contribution in [0.15, 0.2) is 24.3 Å². The molecule has 0 spiro atoms. The lowest BCUT2D eigenvalue weighted by Crippen LogP contribution is -2.36. The Kier molecular flexibility index (Phi) is 6.05. The van der Waals surface area contributed by atoms with Crippen LogP contribution in [0.25, 0.3) is 0 Å². The van der Waals surface area contributed by atoms with Crippen LogP contribution in [0.5, 0.6) is 5.75 Å². The fourth-order valence-electron chi connectivity index (χ4n) is 2.96. The second-order valence-corrected chi connectivity index (χ2v) is 5.58. The molecule has 0 aliphatic carbocycles. The summed E-state index contributed by atoms with van der Waals surface area (Å²) in [5.41, 5.74) is 1.22. The molecule has 1 fully saturated rings. The minimum atomic E-state index is 0.211. The van der Waals surface area contributed by atoms with Gasteiger partial charge in [0.1, 0.15) is 5.75 Å². The van der Waals surface area contributed by atoms with E-state index in [1.807, 2.05) is 19.2 Å². The summed E-state index contributed by atoms with van der Waals surface area (Å²) in [7, 11) is 3.56. The summed E-state index contributed by atoms with van der Waals surface area (Å²) in [5, 5.41) is 3.06. The Balaban J connectivity index is 2.15. The number of likely N-dealkylation sites (tertiary alicyclic amines) is 1. The number of hydrogen-bond acceptors (Lipinski definition) is 3. The molecule has 1 aromatic rings. The maximum Gasteiger partial charge on any atom is 0.224 e. The molecule has 1 aliphatic rings. The average molecular weight is 290 g/mol. The Morgan fingerprint density at radius 2 is 2.05 bits per heavy atom. The lowest BCUT2D eigenvalue weighted by Gasteiger charge is -2.30. The number of rotatable bonds is 5. The Morgan fingerprint density at radius 3 is 2.71 bits per heavy atom. The maximum absolute atomic E-state index is 12.5. The van der Waals surface area contributed by atoms with Gasteiger partial charge in [0.15, 0.2) is 0 Å². The van der Waals surface area contributed by atoms with Crippen LogP contribution >= 0.6 is 0 Å². The average Bonchev–Trinajstić information content (AvgIpc) is 2.78. The van der Waals surface area contributed by atoms with Crippen LogP contribution in [0.3, 0.4) is 0 Å². The van der Waals surface area contributed by atoms with Crippen molar-refractivity contribution >= 4 is 5.91 Å². The van der Waals surface area contributed by atoms with Crippen molar-refractivity contribution in [2.75, 3.05) is 27.2 Å². The predicted molar refractivity (Wildman–Crippen MR) is 84.5 cm³/mol. The van der Waals surface area contributed by atoms with E-state index >= 15 is 0 Å². The van der Waals surface area contributed by atoms with E-state index in [0.717, 1.165) is 31.7 Å². The van der Waals surface area contributed by atoms with Gasteiger partial charge in [0.2, 0.25) is 5.91 Å². The molecule has 2 rings (SSSR count). The van der Waals surface area contributed by atoms with Crippen molar-refractivity contribution in [3.05, 3.63) is 29.8 Å². The summed E-state index contributed by atoms with van der Waals surface area (Å²) in [5.74, 6) is 1.12. The lowest BCUT2D eigenvalue weighted by atomic mass is 10.0. The smallest absolute Gasteiger partial charge is 0.224 e. The monoisotopic (exact) mass is 290 g/mol. The van der Waals surface area contributed by atoms with Crippen LogP contribution in [0.2, 0.25) is 0 Å². The number of carbonyl (C=O) groups is 1. The number of amides is 1. The molecule has 1 aromatic carbocycles. The summed E-state index contributed by atoms with van der Waals surface area (Å²) in [6.45, 7) is 1.61. The summed E-state index contributed by atoms with van der Waals surface area (Å²) in [4.78, 5) is 14.6. The topological polar surface area (TPSA) is 41.6 Å². The van der Waals surface area contributed by atoms with Crippen LogP contribution in [0.1, 0.15) is 43.7 Å². The van der Waals surface area contributed by atoms with Crippen molar-refractivity contribution in [1.82, 2.24) is 10.2 Å². The van der Waals surface area contributed by atoms with Crippen molar-refractivity contribution in [3.63, 3.8) is 0 Å². The number of nitrogens with one attached hydrogen (secondary N) is 1. The third-order valence-electron chi connectivity index (χ3n) is 4.16. The quantitative estimate of drug-likeness (QED) is 0.906. The molecule has 1 amide bonds. The van der Waals surface area contributed by atoms with Crippen LogP contribution in [0, 0.1) is 0 Å². The SMILES string of the molecule is CNCCC(=O)N1CCCCCC1c1ccc(OC)cc1. The minimum Gasteiger partial charge on any atom is -0.497 e. The molecule has 0 saturated carbocycles. The van der Waals surface area contributed by atoms with Crippen LogP contribution in [-0.2, 0) is 4.79 Å². The Labute approximate surface area is 127 Å². The van der Waals surface area contributed by atoms with Crippen molar-refractivity contribution in [1.29, 1.82) is 0 Å². The number of nitrogens with zero attached hydrogens (tertiary/aromatic N) is 1. The molecular weight excluding hydrogens is 264 g/mol. The largest absolute Gasteiger partial charge is 0.497 e. The molecule has 1 saturated heterocycles. The zero-order valence-corrected chi connectivity index (χ0v) is 13.1. The number of carbonyl (C=O) groups excluding carboxylic acids is 1. The molecule has 0 aromatic heterocycles. The van der Waals surface area contributed by atoms with Crippen LogP contribution < -0.4 is 10.1 Å². The predicted octanol–water partition coefficient (Wildman–Crippen LogP) is 2.75. The first-order valence-electron chi connectivity index (χ1n) is 7.84. The number of benzene rings is 1. The molecule has 1 unspecified atom stereocenters. The molecule has 0 radical (unpaired) electrons. The van der Waals surface area contributed by atoms with E-state index in [0.29, 0.717) is 6.42 Å². The minimum absolute atomic E-state index is 0.211. The van der Waals surface area contributed by atoms with Gasteiger partial charge in [-0.3, -0.25) is 4.79 Å². The van der Waals surface area contributed by atoms with Gasteiger partial charge in [-0.15, -0.1) is 0 Å². The standard InChI is InChI=1S/C17H26N2O2/c1-18-12-11-17(20)19-13-5-3-4-6-16(19)14-7-9-15(21-2)10-8-14/h7-10,16,18H,3-6,11-13H2,1-2H3. The van der Waals surface area contributed by atoms with Gasteiger partial charge >= 0.3 is 0 Å². The van der Waals surface area contributed by atoms with E-state index in [4.69, 9.17) is 4.74 Å². The van der Waals surface area contributed by atoms with E-state index in [2.05, 4.69) is 22.3 Å². The first kappa shape index (κ1) is 15.8. The van der Waals surface area contributed by atoms with Gasteiger partial charge in [-0.2, -0.15) is 0 Å². The first-order valence-corrected chi connectivity index (χ1v) is 7.84. The molecule has 1 aliphatic heterocycles. The summed E-state index contributed by atoms with van der Waals surface area (Å²) < 4.78 is 5.22. The van der Waals surface area contributed by atoms with Crippen molar-refractivity contribution < 1.29 is 9.53 Å². The summed E-state index contributed by atoms with van der Waals surface area (Å²) >= 11 is 0. The van der Waals surface area contributed by atoms with Crippen LogP contribution in [-0.4, -0.2) is 38.1 Å². The van der Waals surface area contributed by atoms with Gasteiger partial charge in [-0.25, -0.2) is 0 Å². The maximum atomic E-state index is 12.5. The molecule has 1 heterocycles. The highest BCUT2D eigenvalue weighted by molar-refractivity contribution is 5.77. The highest BCUT2D eigenvalue weighted by Crippen LogP contribution is 2.31. The Hall–Kier alpha value is -1.55. The Bertz CT molecular complexity index is 445. The highest BCUT2D eigenvalue weighted by Gasteiger charge is 2.26. The molecule has 21 heavy (non-hydrogen) atoms. The summed E-state index contributed by atoms with van der Waals surface area (Å²) in [6.07, 6.45) is 5.13. The molecule has 116 valence electrons. The van der Waals surface area contributed by atoms with Crippen LogP contribution in [0.4, 0.5) is 0 Å². The fraction of sp³-hybridized carbons (Fsp3) is 0.588. The molecule has 1 N–H and O–H groups in total. The molecule has 0 bridgehead atoms. The number of hydrogen-bond donors (Lipinski definition) is 1. The number of ether oxygens (including phenoxy) is 1. The normalized spacial score (nSPS) is 19.1. The summed E-state index contributed by atoms with van der Waals surface area (Å²) in [6, 6.07) is 8.36. The zero-order chi connectivity index (χ0) is 15.1. The fourth-order valence-corrected chi connectivity index (χ4v) is 2.96. The second kappa shape index (κ2) is 8.03. The lowest BCUT2D eigenvalue weighted by molar-refractivity contribution is -0.133. The second-order valence-electron chi connectivity index (χ2n) is 5.58. The Morgan fingerprint density at radius 1 is 1.29 bits per heavy atom. The third-order valence-corrected chi connectivity index (χ3v) is 4.16. The third kappa shape index (κ3) is 4.21. The first-order chi connectivity index (χ1) is 10.3. The molecular formula is C17H26N2O2. The highest BCUT2D eigenvalue weighted by atomic mass is 16.5. The van der Waals surface area contributed by atoms with E-state index in [1.54, 1.807) is 7.11 Å². The van der Waals surface area contributed by atoms with E-state index < -0.39 is 0 Å². The van der Waals surface area contributed by atoms with E-state index in [9.17, 15) is 4.79 Å². The molecule has 1 atom stereocenters. The van der Waals surface area contributed by atoms with Gasteiger partial charge in [-0.05, 0) is 37.6 Å². The van der Waals surface area contributed by atoms with Gasteiger partial charge in [0.25, 0.3) is 0 Å². The van der Waals surface area contributed by atoms with Crippen molar-refractivity contribution in [3.8, 4) is 5.75 Å². The van der Waals surface area contributed by atoms with Gasteiger partial charge in [-0.1, -0.05) is 25.0 Å². The van der Waals surface area contributed by atoms with E-state index in [1.165, 1.54) is 18.4 Å². The van der Waals surface area contributed by atoms with Gasteiger partial charge in [0, 0.05) is 19.5 Å². The van der Waals surface area contributed by atoms with Gasteiger partial charge in [0.05, 0.1) is 13.2 Å².